The van der Waals surface area contributed by atoms with Crippen LogP contribution in [0, 0.1) is 0 Å². The van der Waals surface area contributed by atoms with E-state index in [1.807, 2.05) is 0 Å². The van der Waals surface area contributed by atoms with Crippen molar-refractivity contribution >= 4 is 5.95 Å². The molecule has 4 heteroatoms. The van der Waals surface area contributed by atoms with Gasteiger partial charge >= 0.3 is 0 Å². The second-order valence-corrected chi connectivity index (χ2v) is 3.91. The summed E-state index contributed by atoms with van der Waals surface area (Å²) in [7, 11) is 0. The highest BCUT2D eigenvalue weighted by Crippen LogP contribution is 2.15. The van der Waals surface area contributed by atoms with Crippen LogP contribution in [0.1, 0.15) is 19.5 Å². The second-order valence-electron chi connectivity index (χ2n) is 3.91. The lowest BCUT2D eigenvalue weighted by Gasteiger charge is -2.28. The number of rotatable bonds is 3. The van der Waals surface area contributed by atoms with Crippen molar-refractivity contribution in [2.75, 3.05) is 31.1 Å². The van der Waals surface area contributed by atoms with Crippen LogP contribution in [0.2, 0.25) is 0 Å². The molecule has 0 atom stereocenters. The van der Waals surface area contributed by atoms with Crippen LogP contribution in [0.4, 0.5) is 5.95 Å². The molecule has 1 aromatic heterocycles. The van der Waals surface area contributed by atoms with E-state index in [0.717, 1.165) is 45.1 Å². The van der Waals surface area contributed by atoms with Crippen molar-refractivity contribution in [2.45, 2.75) is 26.8 Å². The average molecular weight is 208 g/mol. The van der Waals surface area contributed by atoms with Crippen LogP contribution in [-0.2, 0) is 13.0 Å². The predicted molar refractivity (Wildman–Crippen MR) is 62.4 cm³/mol. The van der Waals surface area contributed by atoms with Crippen molar-refractivity contribution in [3.05, 3.63) is 11.9 Å². The number of aromatic nitrogens is 2. The lowest BCUT2D eigenvalue weighted by molar-refractivity contribution is 0.568. The first-order valence-corrected chi connectivity index (χ1v) is 5.86. The van der Waals surface area contributed by atoms with Gasteiger partial charge in [-0.3, -0.25) is 0 Å². The molecule has 4 nitrogen and oxygen atoms in total. The maximum absolute atomic E-state index is 4.68. The molecule has 0 spiro atoms. The number of imidazole rings is 1. The standard InChI is InChI=1S/C11H20N4/c1-3-10-9-14(4-2)11(13-10)15-7-5-12-6-8-15/h9,12H,3-8H2,1-2H3. The molecule has 1 aliphatic heterocycles. The van der Waals surface area contributed by atoms with Gasteiger partial charge in [-0.05, 0) is 13.3 Å². The van der Waals surface area contributed by atoms with E-state index in [1.54, 1.807) is 0 Å². The molecule has 1 saturated heterocycles. The fraction of sp³-hybridized carbons (Fsp3) is 0.727. The largest absolute Gasteiger partial charge is 0.340 e. The molecule has 0 amide bonds. The van der Waals surface area contributed by atoms with Crippen LogP contribution in [0.25, 0.3) is 0 Å². The minimum atomic E-state index is 1.01. The van der Waals surface area contributed by atoms with Gasteiger partial charge in [0, 0.05) is 38.9 Å². The summed E-state index contributed by atoms with van der Waals surface area (Å²) in [5.74, 6) is 1.15. The zero-order valence-corrected chi connectivity index (χ0v) is 9.66. The molecule has 1 aliphatic rings. The molecule has 0 unspecified atom stereocenters. The topological polar surface area (TPSA) is 33.1 Å². The average Bonchev–Trinajstić information content (AvgIpc) is 2.73. The number of aryl methyl sites for hydroxylation is 2. The molecule has 2 heterocycles. The Hall–Kier alpha value is -1.03. The number of anilines is 1. The first-order chi connectivity index (χ1) is 7.35. The third kappa shape index (κ3) is 2.15. The SMILES string of the molecule is CCc1cn(CC)c(N2CCNCC2)n1. The fourth-order valence-electron chi connectivity index (χ4n) is 1.98. The Morgan fingerprint density at radius 3 is 2.67 bits per heavy atom. The summed E-state index contributed by atoms with van der Waals surface area (Å²) >= 11 is 0. The minimum absolute atomic E-state index is 1.01. The van der Waals surface area contributed by atoms with Gasteiger partial charge in [-0.15, -0.1) is 0 Å². The number of nitrogens with one attached hydrogen (secondary N) is 1. The van der Waals surface area contributed by atoms with Gasteiger partial charge in [0.2, 0.25) is 5.95 Å². The highest BCUT2D eigenvalue weighted by Gasteiger charge is 2.16. The van der Waals surface area contributed by atoms with Crippen LogP contribution >= 0.6 is 0 Å². The quantitative estimate of drug-likeness (QED) is 0.800. The maximum atomic E-state index is 4.68. The van der Waals surface area contributed by atoms with Crippen LogP contribution in [-0.4, -0.2) is 35.7 Å². The Balaban J connectivity index is 2.20. The summed E-state index contributed by atoms with van der Waals surface area (Å²) in [5, 5.41) is 3.36. The molecule has 0 bridgehead atoms. The second kappa shape index (κ2) is 4.66. The highest BCUT2D eigenvalue weighted by molar-refractivity contribution is 5.34. The first kappa shape index (κ1) is 10.5. The van der Waals surface area contributed by atoms with Crippen LogP contribution in [0.5, 0.6) is 0 Å². The first-order valence-electron chi connectivity index (χ1n) is 5.86. The van der Waals surface area contributed by atoms with Gasteiger partial charge in [-0.1, -0.05) is 6.92 Å². The third-order valence-electron chi connectivity index (χ3n) is 2.91. The minimum Gasteiger partial charge on any atom is -0.340 e. The molecule has 2 rings (SSSR count). The molecule has 0 aliphatic carbocycles. The molecule has 0 saturated carbocycles. The van der Waals surface area contributed by atoms with Crippen LogP contribution in [0.3, 0.4) is 0 Å². The van der Waals surface area contributed by atoms with Crippen LogP contribution < -0.4 is 10.2 Å². The van der Waals surface area contributed by atoms with E-state index in [1.165, 1.54) is 5.69 Å². The zero-order chi connectivity index (χ0) is 10.7. The summed E-state index contributed by atoms with van der Waals surface area (Å²) in [6, 6.07) is 0. The number of piperazine rings is 1. The third-order valence-corrected chi connectivity index (χ3v) is 2.91. The maximum Gasteiger partial charge on any atom is 0.205 e. The van der Waals surface area contributed by atoms with Gasteiger partial charge in [-0.2, -0.15) is 0 Å². The van der Waals surface area contributed by atoms with Crippen molar-refractivity contribution in [2.24, 2.45) is 0 Å². The van der Waals surface area contributed by atoms with Crippen molar-refractivity contribution in [3.63, 3.8) is 0 Å². The fourth-order valence-corrected chi connectivity index (χ4v) is 1.98. The molecular formula is C11H20N4. The summed E-state index contributed by atoms with van der Waals surface area (Å²) in [6.45, 7) is 9.61. The molecule has 15 heavy (non-hydrogen) atoms. The summed E-state index contributed by atoms with van der Waals surface area (Å²) < 4.78 is 2.25. The van der Waals surface area contributed by atoms with E-state index in [-0.39, 0.29) is 0 Å². The molecule has 1 fully saturated rings. The van der Waals surface area contributed by atoms with E-state index in [0.29, 0.717) is 0 Å². The smallest absolute Gasteiger partial charge is 0.205 e. The normalized spacial score (nSPS) is 17.1. The number of hydrogen-bond acceptors (Lipinski definition) is 3. The van der Waals surface area contributed by atoms with Gasteiger partial charge in [0.05, 0.1) is 5.69 Å². The Bertz CT molecular complexity index is 312. The van der Waals surface area contributed by atoms with E-state index < -0.39 is 0 Å². The molecule has 84 valence electrons. The van der Waals surface area contributed by atoms with Gasteiger partial charge in [0.25, 0.3) is 0 Å². The van der Waals surface area contributed by atoms with Crippen molar-refractivity contribution in [1.29, 1.82) is 0 Å². The lowest BCUT2D eigenvalue weighted by Crippen LogP contribution is -2.44. The number of nitrogens with zero attached hydrogens (tertiary/aromatic N) is 3. The Labute approximate surface area is 91.3 Å². The lowest BCUT2D eigenvalue weighted by atomic mass is 10.4. The van der Waals surface area contributed by atoms with Gasteiger partial charge in [-0.25, -0.2) is 4.98 Å². The molecule has 1 N–H and O–H groups in total. The van der Waals surface area contributed by atoms with E-state index in [4.69, 9.17) is 0 Å². The van der Waals surface area contributed by atoms with E-state index in [2.05, 4.69) is 39.8 Å². The Morgan fingerprint density at radius 2 is 2.07 bits per heavy atom. The van der Waals surface area contributed by atoms with Gasteiger partial charge < -0.3 is 14.8 Å². The van der Waals surface area contributed by atoms with Gasteiger partial charge in [0.1, 0.15) is 0 Å². The van der Waals surface area contributed by atoms with Crippen molar-refractivity contribution in [3.8, 4) is 0 Å². The molecule has 1 aromatic rings. The predicted octanol–water partition coefficient (Wildman–Crippen LogP) is 0.875. The van der Waals surface area contributed by atoms with Crippen molar-refractivity contribution in [1.82, 2.24) is 14.9 Å². The monoisotopic (exact) mass is 208 g/mol. The summed E-state index contributed by atoms with van der Waals surface area (Å²) in [6.07, 6.45) is 3.20. The summed E-state index contributed by atoms with van der Waals surface area (Å²) in [4.78, 5) is 7.06. The van der Waals surface area contributed by atoms with Crippen molar-refractivity contribution < 1.29 is 0 Å². The van der Waals surface area contributed by atoms with Gasteiger partial charge in [0.15, 0.2) is 0 Å². The van der Waals surface area contributed by atoms with Crippen LogP contribution in [0.15, 0.2) is 6.20 Å². The van der Waals surface area contributed by atoms with E-state index in [9.17, 15) is 0 Å². The highest BCUT2D eigenvalue weighted by atomic mass is 15.3. The zero-order valence-electron chi connectivity index (χ0n) is 9.66. The molecule has 0 aromatic carbocycles. The summed E-state index contributed by atoms with van der Waals surface area (Å²) in [5.41, 5.74) is 1.20. The number of hydrogen-bond donors (Lipinski definition) is 1. The molecule has 0 radical (unpaired) electrons. The Kier molecular flexibility index (Phi) is 3.26. The Morgan fingerprint density at radius 1 is 1.33 bits per heavy atom. The van der Waals surface area contributed by atoms with E-state index >= 15 is 0 Å². The molecular weight excluding hydrogens is 188 g/mol.